The van der Waals surface area contributed by atoms with Gasteiger partial charge in [-0.15, -0.1) is 0 Å². The number of aliphatic hydroxyl groups is 1. The molecule has 0 aliphatic carbocycles. The lowest BCUT2D eigenvalue weighted by atomic mass is 9.88. The summed E-state index contributed by atoms with van der Waals surface area (Å²) < 4.78 is 39.9. The van der Waals surface area contributed by atoms with Gasteiger partial charge in [0.15, 0.2) is 11.6 Å². The quantitative estimate of drug-likeness (QED) is 0.900. The molecule has 0 spiro atoms. The molecule has 0 fully saturated rings. The Hall–Kier alpha value is -1.52. The average molecular weight is 301 g/mol. The van der Waals surface area contributed by atoms with Crippen LogP contribution in [-0.4, -0.2) is 5.11 Å². The van der Waals surface area contributed by atoms with Crippen molar-refractivity contribution in [3.63, 3.8) is 0 Å². The van der Waals surface area contributed by atoms with Gasteiger partial charge in [0.2, 0.25) is 0 Å². The molecular formula is C15H12ClF3O. The number of rotatable bonds is 3. The molecule has 0 aliphatic rings. The highest BCUT2D eigenvalue weighted by molar-refractivity contribution is 6.31. The molecule has 0 bridgehead atoms. The first-order valence-corrected chi connectivity index (χ1v) is 6.30. The van der Waals surface area contributed by atoms with Gasteiger partial charge in [-0.1, -0.05) is 29.8 Å². The van der Waals surface area contributed by atoms with E-state index in [-0.39, 0.29) is 17.0 Å². The highest BCUT2D eigenvalue weighted by Gasteiger charge is 2.29. The molecule has 0 aromatic heterocycles. The van der Waals surface area contributed by atoms with Crippen molar-refractivity contribution in [3.8, 4) is 0 Å². The Bertz CT molecular complexity index is 641. The van der Waals surface area contributed by atoms with Crippen LogP contribution in [0.4, 0.5) is 13.2 Å². The van der Waals surface area contributed by atoms with E-state index in [1.54, 1.807) is 0 Å². The summed E-state index contributed by atoms with van der Waals surface area (Å²) in [7, 11) is 0. The minimum atomic E-state index is -1.66. The minimum Gasteiger partial charge on any atom is -0.385 e. The predicted molar refractivity (Wildman–Crippen MR) is 71.0 cm³/mol. The van der Waals surface area contributed by atoms with Crippen molar-refractivity contribution in [2.45, 2.75) is 18.9 Å². The number of hydrogen-bond acceptors (Lipinski definition) is 1. The first-order valence-electron chi connectivity index (χ1n) is 5.92. The van der Waals surface area contributed by atoms with Gasteiger partial charge in [-0.2, -0.15) is 0 Å². The van der Waals surface area contributed by atoms with Crippen molar-refractivity contribution < 1.29 is 18.3 Å². The van der Waals surface area contributed by atoms with Crippen molar-refractivity contribution in [1.82, 2.24) is 0 Å². The largest absolute Gasteiger partial charge is 0.385 e. The Labute approximate surface area is 119 Å². The van der Waals surface area contributed by atoms with Crippen LogP contribution in [0.3, 0.4) is 0 Å². The average Bonchev–Trinajstić information content (AvgIpc) is 2.36. The smallest absolute Gasteiger partial charge is 0.164 e. The minimum absolute atomic E-state index is 0.0630. The molecule has 1 atom stereocenters. The molecule has 5 heteroatoms. The van der Waals surface area contributed by atoms with Crippen LogP contribution < -0.4 is 0 Å². The number of hydrogen-bond donors (Lipinski definition) is 1. The summed E-state index contributed by atoms with van der Waals surface area (Å²) in [6, 6.07) is 7.29. The summed E-state index contributed by atoms with van der Waals surface area (Å²) >= 11 is 5.88. The van der Waals surface area contributed by atoms with Gasteiger partial charge in [0, 0.05) is 17.0 Å². The predicted octanol–water partition coefficient (Wildman–Crippen LogP) is 4.21. The van der Waals surface area contributed by atoms with E-state index in [0.29, 0.717) is 5.56 Å². The number of halogens is 4. The van der Waals surface area contributed by atoms with Crippen molar-refractivity contribution in [1.29, 1.82) is 0 Å². The van der Waals surface area contributed by atoms with Gasteiger partial charge >= 0.3 is 0 Å². The maximum Gasteiger partial charge on any atom is 0.164 e. The van der Waals surface area contributed by atoms with E-state index in [1.165, 1.54) is 31.2 Å². The van der Waals surface area contributed by atoms with Crippen LogP contribution in [0.25, 0.3) is 0 Å². The van der Waals surface area contributed by atoms with Gasteiger partial charge in [0.25, 0.3) is 0 Å². The lowest BCUT2D eigenvalue weighted by Crippen LogP contribution is -2.26. The maximum atomic E-state index is 13.7. The first kappa shape index (κ1) is 14.9. The molecule has 0 saturated carbocycles. The molecule has 2 aromatic carbocycles. The van der Waals surface area contributed by atoms with Gasteiger partial charge in [0.05, 0.1) is 5.60 Å². The van der Waals surface area contributed by atoms with E-state index in [2.05, 4.69) is 0 Å². The second-order valence-corrected chi connectivity index (χ2v) is 5.19. The van der Waals surface area contributed by atoms with Crippen molar-refractivity contribution in [2.75, 3.05) is 0 Å². The third-order valence-corrected chi connectivity index (χ3v) is 3.43. The second-order valence-electron chi connectivity index (χ2n) is 4.79. The summed E-state index contributed by atoms with van der Waals surface area (Å²) in [5, 5.41) is 10.5. The monoisotopic (exact) mass is 300 g/mol. The van der Waals surface area contributed by atoms with Gasteiger partial charge in [-0.25, -0.2) is 13.2 Å². The van der Waals surface area contributed by atoms with Crippen LogP contribution in [0, 0.1) is 17.5 Å². The van der Waals surface area contributed by atoms with E-state index in [0.717, 1.165) is 12.1 Å². The molecule has 20 heavy (non-hydrogen) atoms. The SMILES string of the molecule is CC(O)(Cc1ccc(F)cc1Cl)c1cccc(F)c1F. The molecule has 0 amide bonds. The molecule has 0 saturated heterocycles. The van der Waals surface area contributed by atoms with E-state index < -0.39 is 23.1 Å². The van der Waals surface area contributed by atoms with E-state index in [4.69, 9.17) is 11.6 Å². The molecule has 1 nitrogen and oxygen atoms in total. The Morgan fingerprint density at radius 2 is 1.85 bits per heavy atom. The molecule has 0 radical (unpaired) electrons. The molecule has 106 valence electrons. The summed E-state index contributed by atoms with van der Waals surface area (Å²) in [5.41, 5.74) is -1.38. The fourth-order valence-corrected chi connectivity index (χ4v) is 2.28. The summed E-state index contributed by atoms with van der Waals surface area (Å²) in [6.45, 7) is 1.35. The standard InChI is InChI=1S/C15H12ClF3O/c1-15(20,11-3-2-4-13(18)14(11)19)8-9-5-6-10(17)7-12(9)16/h2-7,20H,8H2,1H3. The van der Waals surface area contributed by atoms with Gasteiger partial charge < -0.3 is 5.11 Å². The van der Waals surface area contributed by atoms with Crippen molar-refractivity contribution in [2.24, 2.45) is 0 Å². The Morgan fingerprint density at radius 3 is 2.50 bits per heavy atom. The van der Waals surface area contributed by atoms with Crippen LogP contribution in [0.1, 0.15) is 18.1 Å². The lowest BCUT2D eigenvalue weighted by Gasteiger charge is -2.25. The van der Waals surface area contributed by atoms with Gasteiger partial charge in [-0.05, 0) is 30.7 Å². The van der Waals surface area contributed by atoms with Crippen molar-refractivity contribution >= 4 is 11.6 Å². The fourth-order valence-electron chi connectivity index (χ4n) is 2.05. The molecule has 0 heterocycles. The number of benzene rings is 2. The molecule has 2 aromatic rings. The molecule has 1 N–H and O–H groups in total. The van der Waals surface area contributed by atoms with E-state index in [9.17, 15) is 18.3 Å². The molecule has 2 rings (SSSR count). The Balaban J connectivity index is 2.38. The van der Waals surface area contributed by atoms with Gasteiger partial charge in [0.1, 0.15) is 5.82 Å². The topological polar surface area (TPSA) is 20.2 Å². The highest BCUT2D eigenvalue weighted by Crippen LogP contribution is 2.31. The normalized spacial score (nSPS) is 14.1. The first-order chi connectivity index (χ1) is 9.31. The molecule has 1 unspecified atom stereocenters. The highest BCUT2D eigenvalue weighted by atomic mass is 35.5. The fraction of sp³-hybridized carbons (Fsp3) is 0.200. The molecular weight excluding hydrogens is 289 g/mol. The summed E-state index contributed by atoms with van der Waals surface area (Å²) in [6.07, 6.45) is -0.0630. The zero-order valence-electron chi connectivity index (χ0n) is 10.6. The third kappa shape index (κ3) is 2.97. The van der Waals surface area contributed by atoms with Crippen LogP contribution >= 0.6 is 11.6 Å². The van der Waals surface area contributed by atoms with Crippen LogP contribution in [0.5, 0.6) is 0 Å². The zero-order valence-corrected chi connectivity index (χ0v) is 11.4. The summed E-state index contributed by atoms with van der Waals surface area (Å²) in [5.74, 6) is -2.64. The van der Waals surface area contributed by atoms with Crippen molar-refractivity contribution in [3.05, 3.63) is 70.0 Å². The van der Waals surface area contributed by atoms with Crippen LogP contribution in [0.2, 0.25) is 5.02 Å². The van der Waals surface area contributed by atoms with E-state index >= 15 is 0 Å². The van der Waals surface area contributed by atoms with Crippen LogP contribution in [-0.2, 0) is 12.0 Å². The Kier molecular flexibility index (Phi) is 4.06. The molecule has 0 aliphatic heterocycles. The summed E-state index contributed by atoms with van der Waals surface area (Å²) in [4.78, 5) is 0. The second kappa shape index (κ2) is 5.46. The third-order valence-electron chi connectivity index (χ3n) is 3.08. The van der Waals surface area contributed by atoms with Crippen LogP contribution in [0.15, 0.2) is 36.4 Å². The maximum absolute atomic E-state index is 13.7. The Morgan fingerprint density at radius 1 is 1.15 bits per heavy atom. The van der Waals surface area contributed by atoms with Gasteiger partial charge in [-0.3, -0.25) is 0 Å². The zero-order chi connectivity index (χ0) is 14.9. The lowest BCUT2D eigenvalue weighted by molar-refractivity contribution is 0.0530. The van der Waals surface area contributed by atoms with E-state index in [1.807, 2.05) is 0 Å².